The number of hydrogen-bond donors (Lipinski definition) is 3. The minimum absolute atomic E-state index is 0.0142. The maximum Gasteiger partial charge on any atom is 0.220 e. The topological polar surface area (TPSA) is 84.6 Å². The zero-order chi connectivity index (χ0) is 14.7. The molecular formula is C14H30N2O3. The fraction of sp³-hybridized carbons (Fsp3) is 0.929. The van der Waals surface area contributed by atoms with Gasteiger partial charge < -0.3 is 20.9 Å². The van der Waals surface area contributed by atoms with Crippen LogP contribution in [0.15, 0.2) is 0 Å². The predicted molar refractivity (Wildman–Crippen MR) is 76.8 cm³/mol. The standard InChI is InChI=1S/C14H30N2O3/c1-14(2,3)12(6-7-15)4-5-13(18)16-8-10-19-11-9-17/h12,17H,4-11,15H2,1-3H3,(H,16,18). The van der Waals surface area contributed by atoms with E-state index in [0.717, 1.165) is 12.8 Å². The molecule has 0 saturated carbocycles. The Balaban J connectivity index is 3.80. The van der Waals surface area contributed by atoms with Gasteiger partial charge in [-0.1, -0.05) is 20.8 Å². The highest BCUT2D eigenvalue weighted by Gasteiger charge is 2.24. The van der Waals surface area contributed by atoms with Crippen LogP contribution in [0.5, 0.6) is 0 Å². The van der Waals surface area contributed by atoms with E-state index in [9.17, 15) is 4.79 Å². The van der Waals surface area contributed by atoms with E-state index in [1.54, 1.807) is 0 Å². The molecule has 0 aliphatic heterocycles. The van der Waals surface area contributed by atoms with Crippen molar-refractivity contribution in [2.45, 2.75) is 40.0 Å². The Morgan fingerprint density at radius 1 is 1.32 bits per heavy atom. The summed E-state index contributed by atoms with van der Waals surface area (Å²) in [5.41, 5.74) is 5.81. The zero-order valence-electron chi connectivity index (χ0n) is 12.6. The lowest BCUT2D eigenvalue weighted by Gasteiger charge is -2.30. The van der Waals surface area contributed by atoms with Crippen LogP contribution in [-0.4, -0.2) is 43.9 Å². The molecule has 4 N–H and O–H groups in total. The molecule has 1 amide bonds. The molecule has 0 aromatic carbocycles. The van der Waals surface area contributed by atoms with E-state index in [4.69, 9.17) is 15.6 Å². The molecule has 0 aromatic heterocycles. The van der Waals surface area contributed by atoms with Gasteiger partial charge in [-0.3, -0.25) is 4.79 Å². The number of amides is 1. The molecule has 0 aliphatic rings. The largest absolute Gasteiger partial charge is 0.394 e. The van der Waals surface area contributed by atoms with Gasteiger partial charge in [0.15, 0.2) is 0 Å². The number of carbonyl (C=O) groups is 1. The third-order valence-electron chi connectivity index (χ3n) is 3.26. The fourth-order valence-corrected chi connectivity index (χ4v) is 2.03. The summed E-state index contributed by atoms with van der Waals surface area (Å²) >= 11 is 0. The lowest BCUT2D eigenvalue weighted by atomic mass is 9.76. The SMILES string of the molecule is CC(C)(C)C(CCN)CCC(=O)NCCOCCO. The molecular weight excluding hydrogens is 244 g/mol. The average Bonchev–Trinajstić information content (AvgIpc) is 2.32. The number of aliphatic hydroxyl groups excluding tert-OH is 1. The van der Waals surface area contributed by atoms with Crippen molar-refractivity contribution in [1.29, 1.82) is 0 Å². The lowest BCUT2D eigenvalue weighted by molar-refractivity contribution is -0.121. The number of nitrogens with two attached hydrogens (primary N) is 1. The monoisotopic (exact) mass is 274 g/mol. The molecule has 0 saturated heterocycles. The summed E-state index contributed by atoms with van der Waals surface area (Å²) in [6, 6.07) is 0. The first-order chi connectivity index (χ1) is 8.91. The second-order valence-corrected chi connectivity index (χ2v) is 5.86. The minimum atomic E-state index is 0.0142. The molecule has 0 heterocycles. The van der Waals surface area contributed by atoms with Gasteiger partial charge in [-0.25, -0.2) is 0 Å². The van der Waals surface area contributed by atoms with Crippen molar-refractivity contribution < 1.29 is 14.6 Å². The second kappa shape index (κ2) is 10.2. The third kappa shape index (κ3) is 9.87. The van der Waals surface area contributed by atoms with Gasteiger partial charge in [0.2, 0.25) is 5.91 Å². The summed E-state index contributed by atoms with van der Waals surface area (Å²) in [6.45, 7) is 8.50. The van der Waals surface area contributed by atoms with Gasteiger partial charge in [-0.05, 0) is 30.7 Å². The molecule has 0 aliphatic carbocycles. The van der Waals surface area contributed by atoms with Crippen LogP contribution in [0.4, 0.5) is 0 Å². The van der Waals surface area contributed by atoms with Crippen molar-refractivity contribution in [1.82, 2.24) is 5.32 Å². The van der Waals surface area contributed by atoms with Gasteiger partial charge in [0.05, 0.1) is 19.8 Å². The van der Waals surface area contributed by atoms with Crippen molar-refractivity contribution in [3.63, 3.8) is 0 Å². The van der Waals surface area contributed by atoms with E-state index >= 15 is 0 Å². The highest BCUT2D eigenvalue weighted by molar-refractivity contribution is 5.75. The van der Waals surface area contributed by atoms with Crippen LogP contribution in [0.25, 0.3) is 0 Å². The molecule has 5 nitrogen and oxygen atoms in total. The molecule has 1 atom stereocenters. The van der Waals surface area contributed by atoms with Gasteiger partial charge in [0.1, 0.15) is 0 Å². The van der Waals surface area contributed by atoms with Gasteiger partial charge >= 0.3 is 0 Å². The van der Waals surface area contributed by atoms with Crippen LogP contribution >= 0.6 is 0 Å². The molecule has 0 aromatic rings. The van der Waals surface area contributed by atoms with Crippen LogP contribution in [0, 0.1) is 11.3 Å². The molecule has 114 valence electrons. The van der Waals surface area contributed by atoms with Crippen LogP contribution in [0.1, 0.15) is 40.0 Å². The molecule has 0 bridgehead atoms. The Bertz CT molecular complexity index is 239. The van der Waals surface area contributed by atoms with Crippen molar-refractivity contribution in [3.05, 3.63) is 0 Å². The lowest BCUT2D eigenvalue weighted by Crippen LogP contribution is -2.30. The Morgan fingerprint density at radius 2 is 2.00 bits per heavy atom. The Kier molecular flexibility index (Phi) is 9.83. The number of carbonyl (C=O) groups excluding carboxylic acids is 1. The zero-order valence-corrected chi connectivity index (χ0v) is 12.6. The Morgan fingerprint density at radius 3 is 2.53 bits per heavy atom. The smallest absolute Gasteiger partial charge is 0.220 e. The number of rotatable bonds is 10. The van der Waals surface area contributed by atoms with Gasteiger partial charge in [-0.2, -0.15) is 0 Å². The van der Waals surface area contributed by atoms with E-state index in [0.29, 0.717) is 38.6 Å². The molecule has 0 rings (SSSR count). The summed E-state index contributed by atoms with van der Waals surface area (Å²) in [5, 5.41) is 11.3. The first-order valence-electron chi connectivity index (χ1n) is 7.07. The van der Waals surface area contributed by atoms with Crippen LogP contribution in [0.2, 0.25) is 0 Å². The van der Waals surface area contributed by atoms with E-state index in [-0.39, 0.29) is 17.9 Å². The van der Waals surface area contributed by atoms with E-state index in [2.05, 4.69) is 26.1 Å². The van der Waals surface area contributed by atoms with Crippen LogP contribution < -0.4 is 11.1 Å². The molecule has 0 radical (unpaired) electrons. The molecule has 1 unspecified atom stereocenters. The predicted octanol–water partition coefficient (Wildman–Crippen LogP) is 0.903. The van der Waals surface area contributed by atoms with Crippen LogP contribution in [0.3, 0.4) is 0 Å². The highest BCUT2D eigenvalue weighted by Crippen LogP contribution is 2.31. The summed E-state index contributed by atoms with van der Waals surface area (Å²) in [7, 11) is 0. The van der Waals surface area contributed by atoms with E-state index in [1.807, 2.05) is 0 Å². The summed E-state index contributed by atoms with van der Waals surface area (Å²) in [5.74, 6) is 0.521. The third-order valence-corrected chi connectivity index (χ3v) is 3.26. The minimum Gasteiger partial charge on any atom is -0.394 e. The first kappa shape index (κ1) is 18.4. The molecule has 0 spiro atoms. The van der Waals surface area contributed by atoms with Crippen LogP contribution in [-0.2, 0) is 9.53 Å². The highest BCUT2D eigenvalue weighted by atomic mass is 16.5. The van der Waals surface area contributed by atoms with E-state index < -0.39 is 0 Å². The van der Waals surface area contributed by atoms with Crippen molar-refractivity contribution >= 4 is 5.91 Å². The van der Waals surface area contributed by atoms with Crippen molar-refractivity contribution in [2.75, 3.05) is 32.9 Å². The summed E-state index contributed by atoms with van der Waals surface area (Å²) in [4.78, 5) is 11.7. The van der Waals surface area contributed by atoms with Gasteiger partial charge in [0.25, 0.3) is 0 Å². The maximum absolute atomic E-state index is 11.7. The van der Waals surface area contributed by atoms with Gasteiger partial charge in [-0.15, -0.1) is 0 Å². The Labute approximate surface area is 116 Å². The summed E-state index contributed by atoms with van der Waals surface area (Å²) < 4.78 is 5.07. The first-order valence-corrected chi connectivity index (χ1v) is 7.07. The fourth-order valence-electron chi connectivity index (χ4n) is 2.03. The quantitative estimate of drug-likeness (QED) is 0.517. The van der Waals surface area contributed by atoms with Gasteiger partial charge in [0, 0.05) is 13.0 Å². The number of aliphatic hydroxyl groups is 1. The van der Waals surface area contributed by atoms with Crippen molar-refractivity contribution in [2.24, 2.45) is 17.1 Å². The summed E-state index contributed by atoms with van der Waals surface area (Å²) in [6.07, 6.45) is 2.35. The Hall–Kier alpha value is -0.650. The number of hydrogen-bond acceptors (Lipinski definition) is 4. The number of ether oxygens (including phenoxy) is 1. The molecule has 19 heavy (non-hydrogen) atoms. The normalized spacial score (nSPS) is 13.3. The maximum atomic E-state index is 11.7. The average molecular weight is 274 g/mol. The molecule has 0 fully saturated rings. The second-order valence-electron chi connectivity index (χ2n) is 5.86. The van der Waals surface area contributed by atoms with E-state index in [1.165, 1.54) is 0 Å². The van der Waals surface area contributed by atoms with Crippen molar-refractivity contribution in [3.8, 4) is 0 Å². The number of nitrogens with one attached hydrogen (secondary N) is 1. The molecule has 5 heteroatoms.